The third-order valence-corrected chi connectivity index (χ3v) is 10.5. The van der Waals surface area contributed by atoms with E-state index in [9.17, 15) is 19.0 Å². The number of ether oxygens (including phenoxy) is 2. The van der Waals surface area contributed by atoms with E-state index in [0.717, 1.165) is 77.0 Å². The van der Waals surface area contributed by atoms with E-state index in [4.69, 9.17) is 24.3 Å². The molecule has 0 spiro atoms. The lowest BCUT2D eigenvalue weighted by Crippen LogP contribution is -2.29. The van der Waals surface area contributed by atoms with Crippen LogP contribution in [0.4, 0.5) is 0 Å². The van der Waals surface area contributed by atoms with Crippen LogP contribution in [0.3, 0.4) is 0 Å². The van der Waals surface area contributed by atoms with E-state index < -0.39 is 32.5 Å². The third-order valence-electron chi connectivity index (χ3n) is 9.56. The molecule has 0 aromatic heterocycles. The van der Waals surface area contributed by atoms with Gasteiger partial charge in [-0.1, -0.05) is 164 Å². The molecule has 0 saturated carbocycles. The van der Waals surface area contributed by atoms with Crippen molar-refractivity contribution in [2.45, 2.75) is 200 Å². The molecule has 3 N–H and O–H groups in total. The van der Waals surface area contributed by atoms with E-state index in [1.165, 1.54) is 83.5 Å². The fourth-order valence-corrected chi connectivity index (χ4v) is 6.82. The maximum Gasteiger partial charge on any atom is 0.472 e. The number of esters is 2. The van der Waals surface area contributed by atoms with Gasteiger partial charge in [-0.3, -0.25) is 18.6 Å². The van der Waals surface area contributed by atoms with Gasteiger partial charge in [0.1, 0.15) is 6.61 Å². The molecule has 0 aromatic rings. The van der Waals surface area contributed by atoms with Crippen molar-refractivity contribution < 1.29 is 37.6 Å². The average Bonchev–Trinajstić information content (AvgIpc) is 3.22. The molecule has 0 aliphatic carbocycles. The molecule has 0 aliphatic rings. The summed E-state index contributed by atoms with van der Waals surface area (Å²) in [5.74, 6) is -0.872. The molecule has 0 aliphatic heterocycles. The average molecular weight is 848 g/mol. The van der Waals surface area contributed by atoms with Crippen LogP contribution in [0.1, 0.15) is 194 Å². The number of allylic oxidation sites excluding steroid dienone is 12. The number of rotatable bonds is 43. The van der Waals surface area contributed by atoms with E-state index in [0.29, 0.717) is 6.42 Å². The Morgan fingerprint density at radius 3 is 1.32 bits per heavy atom. The smallest absolute Gasteiger partial charge is 0.462 e. The Morgan fingerprint density at radius 1 is 0.508 bits per heavy atom. The van der Waals surface area contributed by atoms with E-state index in [2.05, 4.69) is 86.8 Å². The minimum Gasteiger partial charge on any atom is -0.462 e. The van der Waals surface area contributed by atoms with Gasteiger partial charge in [-0.05, 0) is 89.9 Å². The van der Waals surface area contributed by atoms with Gasteiger partial charge in [-0.25, -0.2) is 4.57 Å². The molecule has 0 fully saturated rings. The summed E-state index contributed by atoms with van der Waals surface area (Å²) in [5.41, 5.74) is 5.35. The SMILES string of the molecule is CCCCCC=CCC=CCC=CCC=CCCCCCC(=O)OC(COC(=O)CCCCCCCCCCCC=CCC=CCCCCC)COP(=O)(O)OCCN. The molecule has 0 amide bonds. The molecule has 0 aromatic carbocycles. The van der Waals surface area contributed by atoms with Crippen molar-refractivity contribution in [3.63, 3.8) is 0 Å². The Balaban J connectivity index is 4.19. The molecule has 0 saturated heterocycles. The lowest BCUT2D eigenvalue weighted by molar-refractivity contribution is -0.161. The standard InChI is InChI=1S/C49H86NO8P/c1-3-5-7-9-11-13-15-17-19-21-23-25-27-29-31-33-35-37-39-41-48(51)55-45-47(46-57-59(53,54)56-44-43-50)58-49(52)42-40-38-36-34-32-30-28-26-24-22-20-18-16-14-12-10-8-6-4-2/h11-14,17-20,24,26,30,32,47H,3-10,15-16,21-23,25,27-29,31,33-46,50H2,1-2H3,(H,53,54). The number of carbonyl (C=O) groups excluding carboxylic acids is 2. The van der Waals surface area contributed by atoms with Gasteiger partial charge in [0.05, 0.1) is 13.2 Å². The number of phosphoric ester groups is 1. The van der Waals surface area contributed by atoms with Gasteiger partial charge >= 0.3 is 19.8 Å². The summed E-state index contributed by atoms with van der Waals surface area (Å²) in [6.07, 6.45) is 55.0. The molecule has 2 atom stereocenters. The van der Waals surface area contributed by atoms with Crippen molar-refractivity contribution in [3.05, 3.63) is 72.9 Å². The zero-order chi connectivity index (χ0) is 43.2. The van der Waals surface area contributed by atoms with Crippen molar-refractivity contribution in [3.8, 4) is 0 Å². The predicted molar refractivity (Wildman–Crippen MR) is 247 cm³/mol. The van der Waals surface area contributed by atoms with Gasteiger partial charge in [0.25, 0.3) is 0 Å². The first kappa shape index (κ1) is 56.5. The van der Waals surface area contributed by atoms with Crippen molar-refractivity contribution in [2.24, 2.45) is 5.73 Å². The number of hydrogen-bond acceptors (Lipinski definition) is 8. The second kappa shape index (κ2) is 45.0. The number of carbonyl (C=O) groups is 2. The summed E-state index contributed by atoms with van der Waals surface area (Å²) in [6, 6.07) is 0. The van der Waals surface area contributed by atoms with Gasteiger partial charge in [0.2, 0.25) is 0 Å². The molecule has 9 nitrogen and oxygen atoms in total. The summed E-state index contributed by atoms with van der Waals surface area (Å²) in [6.45, 7) is 3.63. The topological polar surface area (TPSA) is 134 Å². The minimum absolute atomic E-state index is 0.0439. The fraction of sp³-hybridized carbons (Fsp3) is 0.714. The summed E-state index contributed by atoms with van der Waals surface area (Å²) in [5, 5.41) is 0. The fourth-order valence-electron chi connectivity index (χ4n) is 6.06. The van der Waals surface area contributed by atoms with Crippen LogP contribution in [-0.4, -0.2) is 49.3 Å². The number of nitrogens with two attached hydrogens (primary N) is 1. The Bertz CT molecular complexity index is 1190. The minimum atomic E-state index is -4.39. The first-order valence-corrected chi connectivity index (χ1v) is 24.9. The quantitative estimate of drug-likeness (QED) is 0.0266. The van der Waals surface area contributed by atoms with Crippen LogP contribution in [0, 0.1) is 0 Å². The predicted octanol–water partition coefficient (Wildman–Crippen LogP) is 13.8. The highest BCUT2D eigenvalue weighted by Gasteiger charge is 2.26. The molecular formula is C49H86NO8P. The van der Waals surface area contributed by atoms with Gasteiger partial charge in [0, 0.05) is 19.4 Å². The van der Waals surface area contributed by atoms with Crippen molar-refractivity contribution >= 4 is 19.8 Å². The van der Waals surface area contributed by atoms with Crippen LogP contribution in [0.5, 0.6) is 0 Å². The van der Waals surface area contributed by atoms with Crippen molar-refractivity contribution in [1.82, 2.24) is 0 Å². The molecule has 0 heterocycles. The lowest BCUT2D eigenvalue weighted by atomic mass is 10.1. The molecule has 10 heteroatoms. The van der Waals surface area contributed by atoms with E-state index in [-0.39, 0.29) is 32.6 Å². The molecular weight excluding hydrogens is 762 g/mol. The number of hydrogen-bond donors (Lipinski definition) is 2. The normalized spacial score (nSPS) is 13.9. The lowest BCUT2D eigenvalue weighted by Gasteiger charge is -2.19. The first-order valence-electron chi connectivity index (χ1n) is 23.4. The zero-order valence-electron chi connectivity index (χ0n) is 37.5. The van der Waals surface area contributed by atoms with Crippen LogP contribution in [-0.2, 0) is 32.7 Å². The highest BCUT2D eigenvalue weighted by atomic mass is 31.2. The summed E-state index contributed by atoms with van der Waals surface area (Å²) in [4.78, 5) is 35.0. The second-order valence-electron chi connectivity index (χ2n) is 15.3. The summed E-state index contributed by atoms with van der Waals surface area (Å²) < 4.78 is 32.8. The molecule has 59 heavy (non-hydrogen) atoms. The van der Waals surface area contributed by atoms with Gasteiger partial charge in [-0.15, -0.1) is 0 Å². The Morgan fingerprint density at radius 2 is 0.881 bits per heavy atom. The Kier molecular flexibility index (Phi) is 43.0. The molecule has 340 valence electrons. The monoisotopic (exact) mass is 848 g/mol. The molecule has 0 rings (SSSR count). The summed E-state index contributed by atoms with van der Waals surface area (Å²) in [7, 11) is -4.39. The first-order chi connectivity index (χ1) is 28.8. The highest BCUT2D eigenvalue weighted by molar-refractivity contribution is 7.47. The van der Waals surface area contributed by atoms with Crippen LogP contribution < -0.4 is 5.73 Å². The molecule has 0 radical (unpaired) electrons. The third kappa shape index (κ3) is 44.8. The maximum absolute atomic E-state index is 12.6. The van der Waals surface area contributed by atoms with E-state index in [1.54, 1.807) is 0 Å². The largest absolute Gasteiger partial charge is 0.472 e. The van der Waals surface area contributed by atoms with Crippen LogP contribution >= 0.6 is 7.82 Å². The number of phosphoric acid groups is 1. The van der Waals surface area contributed by atoms with Crippen LogP contribution in [0.25, 0.3) is 0 Å². The van der Waals surface area contributed by atoms with Crippen molar-refractivity contribution in [2.75, 3.05) is 26.4 Å². The second-order valence-corrected chi connectivity index (χ2v) is 16.7. The highest BCUT2D eigenvalue weighted by Crippen LogP contribution is 2.43. The van der Waals surface area contributed by atoms with Crippen LogP contribution in [0.2, 0.25) is 0 Å². The van der Waals surface area contributed by atoms with Crippen LogP contribution in [0.15, 0.2) is 72.9 Å². The number of unbranched alkanes of at least 4 members (excludes halogenated alkanes) is 18. The van der Waals surface area contributed by atoms with Crippen molar-refractivity contribution in [1.29, 1.82) is 0 Å². The maximum atomic E-state index is 12.6. The molecule has 2 unspecified atom stereocenters. The Labute approximate surface area is 361 Å². The van der Waals surface area contributed by atoms with E-state index in [1.807, 2.05) is 0 Å². The van der Waals surface area contributed by atoms with Gasteiger partial charge in [0.15, 0.2) is 6.10 Å². The van der Waals surface area contributed by atoms with Gasteiger partial charge < -0.3 is 20.1 Å². The Hall–Kier alpha value is -2.55. The zero-order valence-corrected chi connectivity index (χ0v) is 38.4. The van der Waals surface area contributed by atoms with Gasteiger partial charge in [-0.2, -0.15) is 0 Å². The summed E-state index contributed by atoms with van der Waals surface area (Å²) >= 11 is 0. The molecule has 0 bridgehead atoms. The van der Waals surface area contributed by atoms with E-state index >= 15 is 0 Å².